The van der Waals surface area contributed by atoms with Crippen molar-refractivity contribution in [1.82, 2.24) is 4.57 Å². The average Bonchev–Trinajstić information content (AvgIpc) is 2.66. The van der Waals surface area contributed by atoms with Crippen LogP contribution in [0.15, 0.2) is 23.2 Å². The third-order valence-electron chi connectivity index (χ3n) is 2.79. The van der Waals surface area contributed by atoms with Crippen LogP contribution in [0, 0.1) is 5.92 Å². The molecule has 0 unspecified atom stereocenters. The molecule has 0 aliphatic rings. The van der Waals surface area contributed by atoms with E-state index in [0.717, 1.165) is 20.8 Å². The molecule has 0 atom stereocenters. The predicted molar refractivity (Wildman–Crippen MR) is 77.4 cm³/mol. The number of benzene rings is 1. The molecular weight excluding hydrogens is 260 g/mol. The van der Waals surface area contributed by atoms with Crippen LogP contribution < -0.4 is 9.54 Å². The fraction of sp³-hybridized carbons (Fsp3) is 0.429. The summed E-state index contributed by atoms with van der Waals surface area (Å²) in [5.74, 6) is 0.676. The molecule has 19 heavy (non-hydrogen) atoms. The molecule has 1 heterocycles. The van der Waals surface area contributed by atoms with Crippen LogP contribution in [0.1, 0.15) is 20.8 Å². The van der Waals surface area contributed by atoms with Gasteiger partial charge in [-0.15, -0.1) is 0 Å². The van der Waals surface area contributed by atoms with E-state index in [9.17, 15) is 4.79 Å². The summed E-state index contributed by atoms with van der Waals surface area (Å²) < 4.78 is 8.50. The first-order valence-corrected chi connectivity index (χ1v) is 7.15. The number of aromatic nitrogens is 1. The monoisotopic (exact) mass is 278 g/mol. The third kappa shape index (κ3) is 2.87. The maximum Gasteiger partial charge on any atom is 0.250 e. The van der Waals surface area contributed by atoms with Gasteiger partial charge in [0.05, 0.1) is 16.8 Å². The molecule has 0 N–H and O–H groups in total. The Labute approximate surface area is 116 Å². The number of hydrogen-bond donors (Lipinski definition) is 0. The Morgan fingerprint density at radius 2 is 2.21 bits per heavy atom. The van der Waals surface area contributed by atoms with Crippen molar-refractivity contribution < 1.29 is 9.53 Å². The zero-order chi connectivity index (χ0) is 14.0. The van der Waals surface area contributed by atoms with E-state index in [0.29, 0.717) is 6.61 Å². The van der Waals surface area contributed by atoms with Crippen molar-refractivity contribution in [2.75, 3.05) is 6.61 Å². The standard InChI is InChI=1S/C14H18N2O2S/c1-5-18-10-6-7-11-12(8-10)19-14(16(11)4)15-13(17)9(2)3/h6-9H,5H2,1-4H3. The van der Waals surface area contributed by atoms with E-state index < -0.39 is 0 Å². The van der Waals surface area contributed by atoms with Gasteiger partial charge in [-0.3, -0.25) is 4.79 Å². The molecule has 1 aromatic carbocycles. The number of aryl methyl sites for hydroxylation is 1. The maximum atomic E-state index is 11.7. The van der Waals surface area contributed by atoms with Crippen molar-refractivity contribution >= 4 is 27.5 Å². The van der Waals surface area contributed by atoms with Crippen molar-refractivity contribution in [3.63, 3.8) is 0 Å². The van der Waals surface area contributed by atoms with Gasteiger partial charge in [0.25, 0.3) is 5.91 Å². The fourth-order valence-electron chi connectivity index (χ4n) is 1.70. The summed E-state index contributed by atoms with van der Waals surface area (Å²) in [6.07, 6.45) is 0. The van der Waals surface area contributed by atoms with Gasteiger partial charge in [0, 0.05) is 13.0 Å². The Kier molecular flexibility index (Phi) is 4.04. The quantitative estimate of drug-likeness (QED) is 0.866. The molecular formula is C14H18N2O2S. The van der Waals surface area contributed by atoms with Gasteiger partial charge < -0.3 is 9.30 Å². The Bertz CT molecular complexity index is 668. The second-order valence-corrected chi connectivity index (χ2v) is 5.62. The summed E-state index contributed by atoms with van der Waals surface area (Å²) in [7, 11) is 1.92. The molecule has 1 amide bonds. The van der Waals surface area contributed by atoms with Gasteiger partial charge in [-0.05, 0) is 25.1 Å². The first-order chi connectivity index (χ1) is 9.02. The highest BCUT2D eigenvalue weighted by molar-refractivity contribution is 7.16. The summed E-state index contributed by atoms with van der Waals surface area (Å²) in [6.45, 7) is 6.31. The fourth-order valence-corrected chi connectivity index (χ4v) is 2.75. The van der Waals surface area contributed by atoms with Crippen molar-refractivity contribution in [2.24, 2.45) is 18.0 Å². The minimum absolute atomic E-state index is 0.0794. The average molecular weight is 278 g/mol. The lowest BCUT2D eigenvalue weighted by Gasteiger charge is -2.02. The van der Waals surface area contributed by atoms with E-state index in [1.54, 1.807) is 0 Å². The van der Waals surface area contributed by atoms with Crippen LogP contribution in [0.4, 0.5) is 0 Å². The first kappa shape index (κ1) is 13.8. The maximum absolute atomic E-state index is 11.7. The number of amides is 1. The number of rotatable bonds is 3. The molecule has 0 aliphatic carbocycles. The van der Waals surface area contributed by atoms with E-state index >= 15 is 0 Å². The highest BCUT2D eigenvalue weighted by atomic mass is 32.1. The molecule has 5 heteroatoms. The third-order valence-corrected chi connectivity index (χ3v) is 3.89. The van der Waals surface area contributed by atoms with Gasteiger partial charge in [-0.1, -0.05) is 25.2 Å². The topological polar surface area (TPSA) is 43.6 Å². The van der Waals surface area contributed by atoms with Crippen LogP contribution >= 0.6 is 11.3 Å². The van der Waals surface area contributed by atoms with E-state index in [2.05, 4.69) is 4.99 Å². The molecule has 1 aromatic heterocycles. The lowest BCUT2D eigenvalue weighted by Crippen LogP contribution is -2.15. The highest BCUT2D eigenvalue weighted by Gasteiger charge is 2.08. The number of nitrogens with zero attached hydrogens (tertiary/aromatic N) is 2. The second kappa shape index (κ2) is 5.57. The van der Waals surface area contributed by atoms with Gasteiger partial charge in [-0.25, -0.2) is 0 Å². The molecule has 0 saturated carbocycles. The van der Waals surface area contributed by atoms with Crippen LogP contribution in [0.2, 0.25) is 0 Å². The Morgan fingerprint density at radius 1 is 1.47 bits per heavy atom. The SMILES string of the molecule is CCOc1ccc2c(c1)sc(=NC(=O)C(C)C)n2C. The zero-order valence-electron chi connectivity index (χ0n) is 11.6. The van der Waals surface area contributed by atoms with Crippen molar-refractivity contribution in [3.8, 4) is 5.75 Å². The van der Waals surface area contributed by atoms with Crippen LogP contribution in [-0.4, -0.2) is 17.1 Å². The van der Waals surface area contributed by atoms with Crippen molar-refractivity contribution in [2.45, 2.75) is 20.8 Å². The molecule has 2 aromatic rings. The van der Waals surface area contributed by atoms with Crippen LogP contribution in [0.25, 0.3) is 10.2 Å². The summed E-state index contributed by atoms with van der Waals surface area (Å²) in [5.41, 5.74) is 1.06. The number of ether oxygens (including phenoxy) is 1. The summed E-state index contributed by atoms with van der Waals surface area (Å²) in [6, 6.07) is 5.92. The zero-order valence-corrected chi connectivity index (χ0v) is 12.5. The molecule has 0 fully saturated rings. The van der Waals surface area contributed by atoms with Gasteiger partial charge in [0.2, 0.25) is 0 Å². The minimum atomic E-state index is -0.0906. The highest BCUT2D eigenvalue weighted by Crippen LogP contribution is 2.22. The number of carbonyl (C=O) groups excluding carboxylic acids is 1. The Balaban J connectivity index is 2.53. The van der Waals surface area contributed by atoms with Crippen molar-refractivity contribution in [1.29, 1.82) is 0 Å². The van der Waals surface area contributed by atoms with E-state index in [4.69, 9.17) is 4.74 Å². The number of hydrogen-bond acceptors (Lipinski definition) is 3. The Morgan fingerprint density at radius 3 is 2.84 bits per heavy atom. The molecule has 0 aliphatic heterocycles. The molecule has 4 nitrogen and oxygen atoms in total. The molecule has 2 rings (SSSR count). The summed E-state index contributed by atoms with van der Waals surface area (Å²) in [5, 5.41) is 0. The molecule has 102 valence electrons. The first-order valence-electron chi connectivity index (χ1n) is 6.34. The van der Waals surface area contributed by atoms with E-state index in [1.165, 1.54) is 11.3 Å². The molecule has 0 saturated heterocycles. The van der Waals surface area contributed by atoms with Gasteiger partial charge in [0.15, 0.2) is 4.80 Å². The summed E-state index contributed by atoms with van der Waals surface area (Å²) in [4.78, 5) is 16.6. The number of thiazole rings is 1. The number of carbonyl (C=O) groups is 1. The molecule has 0 radical (unpaired) electrons. The van der Waals surface area contributed by atoms with Crippen molar-refractivity contribution in [3.05, 3.63) is 23.0 Å². The Hall–Kier alpha value is -1.62. The normalized spacial score (nSPS) is 12.4. The van der Waals surface area contributed by atoms with Gasteiger partial charge in [-0.2, -0.15) is 4.99 Å². The van der Waals surface area contributed by atoms with Gasteiger partial charge >= 0.3 is 0 Å². The van der Waals surface area contributed by atoms with Crippen LogP contribution in [0.3, 0.4) is 0 Å². The second-order valence-electron chi connectivity index (χ2n) is 4.61. The largest absolute Gasteiger partial charge is 0.494 e. The smallest absolute Gasteiger partial charge is 0.250 e. The predicted octanol–water partition coefficient (Wildman–Crippen LogP) is 2.72. The van der Waals surface area contributed by atoms with Gasteiger partial charge in [0.1, 0.15) is 5.75 Å². The van der Waals surface area contributed by atoms with Crippen LogP contribution in [-0.2, 0) is 11.8 Å². The molecule has 0 bridgehead atoms. The molecule has 0 spiro atoms. The number of fused-ring (bicyclic) bond motifs is 1. The minimum Gasteiger partial charge on any atom is -0.494 e. The summed E-state index contributed by atoms with van der Waals surface area (Å²) >= 11 is 1.51. The lowest BCUT2D eigenvalue weighted by atomic mass is 10.2. The van der Waals surface area contributed by atoms with E-state index in [1.807, 2.05) is 50.6 Å². The van der Waals surface area contributed by atoms with E-state index in [-0.39, 0.29) is 11.8 Å². The lowest BCUT2D eigenvalue weighted by molar-refractivity contribution is -0.120. The van der Waals surface area contributed by atoms with Crippen LogP contribution in [0.5, 0.6) is 5.75 Å².